The van der Waals surface area contributed by atoms with E-state index < -0.39 is 41.9 Å². The minimum Gasteiger partial charge on any atom is -0.487 e. The molecule has 2 unspecified atom stereocenters. The van der Waals surface area contributed by atoms with Gasteiger partial charge in [-0.05, 0) is 56.7 Å². The number of carbonyl (C=O) groups excluding carboxylic acids is 3. The fourth-order valence-electron chi connectivity index (χ4n) is 5.24. The normalized spacial score (nSPS) is 18.6. The molecule has 2 atom stereocenters. The predicted molar refractivity (Wildman–Crippen MR) is 162 cm³/mol. The van der Waals surface area contributed by atoms with Crippen LogP contribution in [0.2, 0.25) is 5.02 Å². The molecule has 1 fully saturated rings. The molecule has 1 saturated heterocycles. The van der Waals surface area contributed by atoms with Crippen LogP contribution in [0, 0.1) is 0 Å². The number of carbonyl (C=O) groups is 4. The highest BCUT2D eigenvalue weighted by molar-refractivity contribution is 6.30. The number of carboxylic acid groups (broad SMARTS) is 1. The number of carboxylic acids is 1. The summed E-state index contributed by atoms with van der Waals surface area (Å²) < 4.78 is 7.95. The Morgan fingerprint density at radius 1 is 1.11 bits per heavy atom. The number of Topliss-reactive ketones (excluding diaryl/α,β-unsaturated/α-hetero) is 1. The maximum Gasteiger partial charge on any atom is 0.326 e. The van der Waals surface area contributed by atoms with Crippen LogP contribution < -0.4 is 10.1 Å². The van der Waals surface area contributed by atoms with Gasteiger partial charge >= 0.3 is 12.0 Å². The van der Waals surface area contributed by atoms with E-state index in [4.69, 9.17) is 21.3 Å². The van der Waals surface area contributed by atoms with Crippen LogP contribution in [0.3, 0.4) is 0 Å². The van der Waals surface area contributed by atoms with Crippen molar-refractivity contribution in [1.29, 1.82) is 0 Å². The van der Waals surface area contributed by atoms with Gasteiger partial charge in [0.15, 0.2) is 5.78 Å². The van der Waals surface area contributed by atoms with Gasteiger partial charge in [0.1, 0.15) is 36.2 Å². The first kappa shape index (κ1) is 30.7. The Balaban J connectivity index is 1.71. The first-order chi connectivity index (χ1) is 20.8. The van der Waals surface area contributed by atoms with E-state index in [0.29, 0.717) is 29.4 Å². The highest BCUT2D eigenvalue weighted by Crippen LogP contribution is 2.45. The number of nitrogens with zero attached hydrogens (tertiary/aromatic N) is 5. The van der Waals surface area contributed by atoms with Gasteiger partial charge in [0.05, 0.1) is 17.3 Å². The van der Waals surface area contributed by atoms with Crippen LogP contribution in [0.4, 0.5) is 4.79 Å². The Morgan fingerprint density at radius 3 is 2.45 bits per heavy atom. The third-order valence-electron chi connectivity index (χ3n) is 7.10. The summed E-state index contributed by atoms with van der Waals surface area (Å²) in [5, 5.41) is 17.1. The van der Waals surface area contributed by atoms with Crippen molar-refractivity contribution in [3.63, 3.8) is 0 Å². The van der Waals surface area contributed by atoms with Crippen LogP contribution in [0.15, 0.2) is 59.7 Å². The van der Waals surface area contributed by atoms with Gasteiger partial charge in [-0.3, -0.25) is 29.0 Å². The molecule has 5 rings (SSSR count). The minimum absolute atomic E-state index is 0.127. The largest absolute Gasteiger partial charge is 0.487 e. The minimum atomic E-state index is -1.25. The Morgan fingerprint density at radius 2 is 1.84 bits per heavy atom. The molecule has 0 aliphatic carbocycles. The van der Waals surface area contributed by atoms with Gasteiger partial charge in [-0.1, -0.05) is 29.8 Å². The fraction of sp³-hybridized carbons (Fsp3) is 0.355. The number of aromatic nitrogens is 2. The maximum absolute atomic E-state index is 14.4. The number of aryl methyl sites for hydroxylation is 1. The molecule has 0 spiro atoms. The summed E-state index contributed by atoms with van der Waals surface area (Å²) >= 11 is 6.23. The number of nitrogens with one attached hydrogen (secondary N) is 1. The molecule has 3 heterocycles. The first-order valence-electron chi connectivity index (χ1n) is 14.1. The molecule has 2 aliphatic heterocycles. The maximum atomic E-state index is 14.4. The Kier molecular flexibility index (Phi) is 8.46. The van der Waals surface area contributed by atoms with E-state index in [1.165, 1.54) is 17.0 Å². The van der Waals surface area contributed by atoms with Gasteiger partial charge in [0.2, 0.25) is 5.91 Å². The SMILES string of the molecule is Cn1ccc(C2N=C(c3ccc(C(=O)CC(=O)O)cc3OC(C)(C)C)N(C(=O)N3CCNC(=O)C3)C2c2ccc(Cl)cc2)n1. The molecule has 12 nitrogen and oxygen atoms in total. The second kappa shape index (κ2) is 12.1. The van der Waals surface area contributed by atoms with Gasteiger partial charge < -0.3 is 20.1 Å². The molecular formula is C31H33ClN6O6. The molecular weight excluding hydrogens is 588 g/mol. The van der Waals surface area contributed by atoms with Gasteiger partial charge in [0, 0.05) is 36.9 Å². The van der Waals surface area contributed by atoms with Crippen LogP contribution in [0.5, 0.6) is 5.75 Å². The predicted octanol–water partition coefficient (Wildman–Crippen LogP) is 4.00. The van der Waals surface area contributed by atoms with E-state index in [9.17, 15) is 24.3 Å². The van der Waals surface area contributed by atoms with Crippen molar-refractivity contribution >= 4 is 41.1 Å². The summed E-state index contributed by atoms with van der Waals surface area (Å²) in [7, 11) is 1.79. The standard InChI is InChI=1S/C31H33ClN6O6/c1-31(2,3)44-24-15-19(23(39)16-26(41)42)7-10-21(24)29-34-27(22-11-13-36(4)35-22)28(18-5-8-20(32)9-6-18)38(29)30(43)37-14-12-33-25(40)17-37/h5-11,13,15,27-28H,12,14,16-17H2,1-4H3,(H,33,40)(H,41,42). The molecule has 3 amide bonds. The zero-order valence-corrected chi connectivity index (χ0v) is 25.5. The van der Waals surface area contributed by atoms with Crippen molar-refractivity contribution in [2.75, 3.05) is 19.6 Å². The zero-order valence-electron chi connectivity index (χ0n) is 24.8. The zero-order chi connectivity index (χ0) is 31.8. The molecule has 0 saturated carbocycles. The smallest absolute Gasteiger partial charge is 0.326 e. The third-order valence-corrected chi connectivity index (χ3v) is 7.35. The number of hydrogen-bond donors (Lipinski definition) is 2. The van der Waals surface area contributed by atoms with Crippen molar-refractivity contribution < 1.29 is 29.0 Å². The number of amidine groups is 1. The second-order valence-electron chi connectivity index (χ2n) is 11.7. The number of ether oxygens (including phenoxy) is 1. The molecule has 44 heavy (non-hydrogen) atoms. The van der Waals surface area contributed by atoms with E-state index in [-0.39, 0.29) is 29.6 Å². The number of urea groups is 1. The van der Waals surface area contributed by atoms with Crippen molar-refractivity contribution in [1.82, 2.24) is 24.9 Å². The van der Waals surface area contributed by atoms with Crippen molar-refractivity contribution in [3.8, 4) is 5.75 Å². The highest BCUT2D eigenvalue weighted by Gasteiger charge is 2.46. The average Bonchev–Trinajstić information content (AvgIpc) is 3.55. The summed E-state index contributed by atoms with van der Waals surface area (Å²) in [6.45, 7) is 5.98. The van der Waals surface area contributed by atoms with E-state index in [2.05, 4.69) is 10.4 Å². The number of piperazine rings is 1. The number of rotatable bonds is 7. The monoisotopic (exact) mass is 620 g/mol. The van der Waals surface area contributed by atoms with Crippen LogP contribution in [0.25, 0.3) is 0 Å². The molecule has 1 aromatic heterocycles. The van der Waals surface area contributed by atoms with E-state index in [1.54, 1.807) is 41.0 Å². The second-order valence-corrected chi connectivity index (χ2v) is 12.1. The number of aliphatic carboxylic acids is 1. The van der Waals surface area contributed by atoms with E-state index in [0.717, 1.165) is 5.56 Å². The van der Waals surface area contributed by atoms with Crippen molar-refractivity contribution in [2.45, 2.75) is 44.9 Å². The molecule has 2 N–H and O–H groups in total. The van der Waals surface area contributed by atoms with E-state index in [1.807, 2.05) is 39.0 Å². The van der Waals surface area contributed by atoms with Gasteiger partial charge in [-0.2, -0.15) is 5.10 Å². The quantitative estimate of drug-likeness (QED) is 0.300. The van der Waals surface area contributed by atoms with Gasteiger partial charge in [-0.15, -0.1) is 0 Å². The summed E-state index contributed by atoms with van der Waals surface area (Å²) in [4.78, 5) is 58.8. The number of ketones is 1. The lowest BCUT2D eigenvalue weighted by molar-refractivity contribution is -0.136. The summed E-state index contributed by atoms with van der Waals surface area (Å²) in [5.41, 5.74) is 1.19. The van der Waals surface area contributed by atoms with Gasteiger partial charge in [0.25, 0.3) is 0 Å². The number of aliphatic imine (C=N–C) groups is 1. The lowest BCUT2D eigenvalue weighted by Gasteiger charge is -2.35. The van der Waals surface area contributed by atoms with Crippen LogP contribution in [0.1, 0.15) is 66.5 Å². The van der Waals surface area contributed by atoms with Crippen molar-refractivity contribution in [2.24, 2.45) is 12.0 Å². The molecule has 230 valence electrons. The van der Waals surface area contributed by atoms with Crippen LogP contribution in [-0.2, 0) is 16.6 Å². The van der Waals surface area contributed by atoms with Crippen LogP contribution >= 0.6 is 11.6 Å². The first-order valence-corrected chi connectivity index (χ1v) is 14.4. The summed E-state index contributed by atoms with van der Waals surface area (Å²) in [5.74, 6) is -1.60. The number of benzene rings is 2. The van der Waals surface area contributed by atoms with Gasteiger partial charge in [-0.25, -0.2) is 4.79 Å². The third kappa shape index (κ3) is 6.60. The average molecular weight is 621 g/mol. The Labute approximate surface area is 259 Å². The summed E-state index contributed by atoms with van der Waals surface area (Å²) in [6.07, 6.45) is 1.11. The number of amides is 3. The summed E-state index contributed by atoms with van der Waals surface area (Å²) in [6, 6.07) is 11.8. The topological polar surface area (TPSA) is 146 Å². The molecule has 0 radical (unpaired) electrons. The molecule has 2 aromatic carbocycles. The van der Waals surface area contributed by atoms with Crippen molar-refractivity contribution in [3.05, 3.63) is 82.1 Å². The molecule has 3 aromatic rings. The van der Waals surface area contributed by atoms with E-state index >= 15 is 0 Å². The fourth-order valence-corrected chi connectivity index (χ4v) is 5.37. The number of halogens is 1. The molecule has 13 heteroatoms. The lowest BCUT2D eigenvalue weighted by atomic mass is 9.97. The lowest BCUT2D eigenvalue weighted by Crippen LogP contribution is -2.55. The Bertz CT molecular complexity index is 1640. The van der Waals surface area contributed by atoms with Crippen LogP contribution in [-0.4, -0.2) is 79.4 Å². The number of hydrogen-bond acceptors (Lipinski definition) is 7. The molecule has 0 bridgehead atoms. The molecule has 2 aliphatic rings. The Hall–Kier alpha value is -4.71. The highest BCUT2D eigenvalue weighted by atomic mass is 35.5.